The fourth-order valence-electron chi connectivity index (χ4n) is 7.25. The summed E-state index contributed by atoms with van der Waals surface area (Å²) < 4.78 is 0. The third-order valence-electron chi connectivity index (χ3n) is 10.0. The third-order valence-corrected chi connectivity index (χ3v) is 10.0. The lowest BCUT2D eigenvalue weighted by molar-refractivity contribution is 0.0481. The van der Waals surface area contributed by atoms with Gasteiger partial charge in [-0.05, 0) is 29.9 Å². The average Bonchev–Trinajstić information content (AvgIpc) is 3.02. The molecule has 1 aliphatic heterocycles. The molecule has 0 bridgehead atoms. The lowest BCUT2D eigenvalue weighted by Crippen LogP contribution is -2.49. The fourth-order valence-corrected chi connectivity index (χ4v) is 7.25. The van der Waals surface area contributed by atoms with Crippen LogP contribution >= 0.6 is 0 Å². The van der Waals surface area contributed by atoms with E-state index in [-0.39, 0.29) is 23.8 Å². The Hall–Kier alpha value is -2.16. The number of hydrogen-bond acceptors (Lipinski definition) is 2. The molecule has 0 spiro atoms. The number of amides is 2. The highest BCUT2D eigenvalue weighted by molar-refractivity contribution is 6.25. The van der Waals surface area contributed by atoms with Crippen molar-refractivity contribution in [1.29, 1.82) is 0 Å². The Morgan fingerprint density at radius 1 is 0.500 bits per heavy atom. The lowest BCUT2D eigenvalue weighted by Gasteiger charge is -2.36. The van der Waals surface area contributed by atoms with E-state index in [0.29, 0.717) is 11.1 Å². The van der Waals surface area contributed by atoms with Crippen LogP contribution in [0, 0.1) is 5.92 Å². The zero-order valence-electron chi connectivity index (χ0n) is 28.9. The fraction of sp³-hybridized carbons (Fsp3) is 0.707. The number of carbonyl (C=O) groups is 2. The Morgan fingerprint density at radius 2 is 0.841 bits per heavy atom. The van der Waals surface area contributed by atoms with Gasteiger partial charge in [0.15, 0.2) is 0 Å². The first-order chi connectivity index (χ1) is 21.6. The second-order valence-corrected chi connectivity index (χ2v) is 14.1. The number of hydrogen-bond donors (Lipinski definition) is 0. The van der Waals surface area contributed by atoms with Gasteiger partial charge in [0, 0.05) is 22.6 Å². The van der Waals surface area contributed by atoms with Gasteiger partial charge in [0.05, 0.1) is 0 Å². The molecule has 2 amide bonds. The lowest BCUT2D eigenvalue weighted by atomic mass is 9.89. The molecular formula is C41H65NO2. The van der Waals surface area contributed by atoms with Crippen LogP contribution in [0.25, 0.3) is 10.8 Å². The highest BCUT2D eigenvalue weighted by Crippen LogP contribution is 2.33. The smallest absolute Gasteiger partial charge is 0.261 e. The minimum atomic E-state index is -0.118. The maximum atomic E-state index is 13.5. The van der Waals surface area contributed by atoms with Crippen molar-refractivity contribution in [3.8, 4) is 0 Å². The van der Waals surface area contributed by atoms with Gasteiger partial charge in [-0.15, -0.1) is 0 Å². The molecule has 2 aromatic rings. The predicted octanol–water partition coefficient (Wildman–Crippen LogP) is 12.8. The van der Waals surface area contributed by atoms with Crippen LogP contribution in [0.3, 0.4) is 0 Å². The number of nitrogens with zero attached hydrogens (tertiary/aromatic N) is 1. The van der Waals surface area contributed by atoms with Crippen molar-refractivity contribution in [3.05, 3.63) is 47.5 Å². The van der Waals surface area contributed by atoms with Crippen LogP contribution in [0.5, 0.6) is 0 Å². The molecule has 0 saturated heterocycles. The topological polar surface area (TPSA) is 37.4 Å². The number of imide groups is 1. The van der Waals surface area contributed by atoms with E-state index in [0.717, 1.165) is 23.6 Å². The van der Waals surface area contributed by atoms with Crippen LogP contribution in [-0.4, -0.2) is 22.8 Å². The standard InChI is InChI=1S/C41H65NO2/c1-4-5-6-7-8-9-10-11-12-13-14-15-16-17-18-19-20-21-22-23-24-25-26-33-38(34(2)3)42-40(43)36-31-27-29-35-30-28-32-37(39(35)36)41(42)44/h27-32,34,38H,4-26,33H2,1-3H3. The molecule has 1 unspecified atom stereocenters. The van der Waals surface area contributed by atoms with Crippen molar-refractivity contribution in [3.63, 3.8) is 0 Å². The van der Waals surface area contributed by atoms with Crippen LogP contribution in [0.4, 0.5) is 0 Å². The molecular weight excluding hydrogens is 538 g/mol. The second-order valence-electron chi connectivity index (χ2n) is 14.1. The van der Waals surface area contributed by atoms with Crippen molar-refractivity contribution in [2.24, 2.45) is 5.92 Å². The Labute approximate surface area is 271 Å². The van der Waals surface area contributed by atoms with Crippen LogP contribution < -0.4 is 0 Å². The highest BCUT2D eigenvalue weighted by atomic mass is 16.2. The van der Waals surface area contributed by atoms with Gasteiger partial charge < -0.3 is 0 Å². The Bertz CT molecular complexity index is 1040. The summed E-state index contributed by atoms with van der Waals surface area (Å²) in [4.78, 5) is 28.6. The Balaban J connectivity index is 1.16. The van der Waals surface area contributed by atoms with Crippen molar-refractivity contribution in [2.45, 2.75) is 181 Å². The number of rotatable bonds is 26. The molecule has 246 valence electrons. The molecule has 2 aromatic carbocycles. The minimum absolute atomic E-state index is 0.0477. The third kappa shape index (κ3) is 12.0. The molecule has 0 saturated carbocycles. The van der Waals surface area contributed by atoms with Crippen molar-refractivity contribution in [1.82, 2.24) is 4.90 Å². The number of unbranched alkanes of at least 4 members (excludes halogenated alkanes) is 22. The molecule has 1 atom stereocenters. The maximum Gasteiger partial charge on any atom is 0.261 e. The van der Waals surface area contributed by atoms with Gasteiger partial charge in [-0.3, -0.25) is 14.5 Å². The van der Waals surface area contributed by atoms with E-state index < -0.39 is 0 Å². The molecule has 3 nitrogen and oxygen atoms in total. The first kappa shape index (κ1) is 36.3. The Morgan fingerprint density at radius 3 is 1.18 bits per heavy atom. The molecule has 3 rings (SSSR count). The molecule has 44 heavy (non-hydrogen) atoms. The summed E-state index contributed by atoms with van der Waals surface area (Å²) >= 11 is 0. The van der Waals surface area contributed by atoms with E-state index in [9.17, 15) is 9.59 Å². The summed E-state index contributed by atoms with van der Waals surface area (Å²) in [5.74, 6) is 0.00579. The first-order valence-corrected chi connectivity index (χ1v) is 19.0. The quantitative estimate of drug-likeness (QED) is 0.0792. The number of carbonyl (C=O) groups excluding carboxylic acids is 2. The van der Waals surface area contributed by atoms with Crippen molar-refractivity contribution in [2.75, 3.05) is 0 Å². The molecule has 1 aliphatic rings. The zero-order chi connectivity index (χ0) is 31.4. The largest absolute Gasteiger partial charge is 0.271 e. The summed E-state index contributed by atoms with van der Waals surface area (Å²) in [5, 5.41) is 1.79. The normalized spacial score (nSPS) is 13.9. The van der Waals surface area contributed by atoms with Gasteiger partial charge in [0.1, 0.15) is 0 Å². The van der Waals surface area contributed by atoms with Crippen LogP contribution in [-0.2, 0) is 0 Å². The van der Waals surface area contributed by atoms with E-state index >= 15 is 0 Å². The van der Waals surface area contributed by atoms with E-state index in [1.54, 1.807) is 4.90 Å². The van der Waals surface area contributed by atoms with E-state index in [4.69, 9.17) is 0 Å². The van der Waals surface area contributed by atoms with E-state index in [1.165, 1.54) is 141 Å². The van der Waals surface area contributed by atoms with Gasteiger partial charge in [-0.25, -0.2) is 0 Å². The summed E-state index contributed by atoms with van der Waals surface area (Å²) in [7, 11) is 0. The molecule has 0 fully saturated rings. The SMILES string of the molecule is CCCCCCCCCCCCCCCCCCCCCCCCCC(C(C)C)N1C(=O)c2cccc3cccc(c23)C1=O. The van der Waals surface area contributed by atoms with Crippen molar-refractivity contribution >= 4 is 22.6 Å². The summed E-state index contributed by atoms with van der Waals surface area (Å²) in [5.41, 5.74) is 1.35. The van der Waals surface area contributed by atoms with E-state index in [1.807, 2.05) is 36.4 Å². The Kier molecular flexibility index (Phi) is 17.8. The minimum Gasteiger partial charge on any atom is -0.271 e. The van der Waals surface area contributed by atoms with Crippen LogP contribution in [0.2, 0.25) is 0 Å². The first-order valence-electron chi connectivity index (χ1n) is 19.0. The molecule has 0 N–H and O–H groups in total. The van der Waals surface area contributed by atoms with E-state index in [2.05, 4.69) is 20.8 Å². The average molecular weight is 604 g/mol. The summed E-state index contributed by atoms with van der Waals surface area (Å²) in [6.45, 7) is 6.58. The van der Waals surface area contributed by atoms with Gasteiger partial charge in [0.25, 0.3) is 11.8 Å². The van der Waals surface area contributed by atoms with Crippen LogP contribution in [0.1, 0.15) is 196 Å². The van der Waals surface area contributed by atoms with Gasteiger partial charge in [-0.2, -0.15) is 0 Å². The highest BCUT2D eigenvalue weighted by Gasteiger charge is 2.38. The second kappa shape index (κ2) is 21.6. The molecule has 1 heterocycles. The van der Waals surface area contributed by atoms with Gasteiger partial charge >= 0.3 is 0 Å². The predicted molar refractivity (Wildman–Crippen MR) is 190 cm³/mol. The van der Waals surface area contributed by atoms with Gasteiger partial charge in [-0.1, -0.05) is 193 Å². The summed E-state index contributed by atoms with van der Waals surface area (Å²) in [6.07, 6.45) is 32.8. The molecule has 0 radical (unpaired) electrons. The molecule has 0 aliphatic carbocycles. The zero-order valence-corrected chi connectivity index (χ0v) is 28.9. The molecule has 3 heteroatoms. The maximum absolute atomic E-state index is 13.5. The monoisotopic (exact) mass is 604 g/mol. The summed E-state index contributed by atoms with van der Waals surface area (Å²) in [6, 6.07) is 11.5. The molecule has 0 aromatic heterocycles. The van der Waals surface area contributed by atoms with Gasteiger partial charge in [0.2, 0.25) is 0 Å². The number of benzene rings is 2. The van der Waals surface area contributed by atoms with Crippen LogP contribution in [0.15, 0.2) is 36.4 Å². The van der Waals surface area contributed by atoms with Crippen molar-refractivity contribution < 1.29 is 9.59 Å².